The Labute approximate surface area is 185 Å². The minimum absolute atomic E-state index is 0.151. The maximum absolute atomic E-state index is 12.8. The van der Waals surface area contributed by atoms with Crippen LogP contribution in [0, 0.1) is 0 Å². The van der Waals surface area contributed by atoms with E-state index in [1.165, 1.54) is 0 Å². The van der Waals surface area contributed by atoms with Crippen molar-refractivity contribution in [2.45, 2.75) is 71.9 Å². The summed E-state index contributed by atoms with van der Waals surface area (Å²) in [5.74, 6) is 3.00. The lowest BCUT2D eigenvalue weighted by Crippen LogP contribution is -2.37. The molecule has 1 saturated heterocycles. The van der Waals surface area contributed by atoms with Crippen LogP contribution in [0.25, 0.3) is 0 Å². The number of aryl methyl sites for hydroxylation is 2. The Balaban J connectivity index is 1.47. The predicted octanol–water partition coefficient (Wildman–Crippen LogP) is 2.87. The number of imidazole rings is 2. The zero-order valence-corrected chi connectivity index (χ0v) is 19.3. The third kappa shape index (κ3) is 5.95. The first-order chi connectivity index (χ1) is 14.9. The molecule has 3 heterocycles. The van der Waals surface area contributed by atoms with Gasteiger partial charge in [-0.25, -0.2) is 9.97 Å². The Hall–Kier alpha value is -2.64. The van der Waals surface area contributed by atoms with Crippen LogP contribution < -0.4 is 0 Å². The molecule has 1 aliphatic rings. The van der Waals surface area contributed by atoms with Crippen molar-refractivity contribution < 1.29 is 9.59 Å². The Morgan fingerprint density at radius 2 is 1.19 bits per heavy atom. The molecule has 8 heteroatoms. The van der Waals surface area contributed by atoms with E-state index >= 15 is 0 Å². The number of hydrogen-bond donors (Lipinski definition) is 0. The number of aromatic nitrogens is 4. The van der Waals surface area contributed by atoms with Gasteiger partial charge in [-0.1, -0.05) is 27.7 Å². The smallest absolute Gasteiger partial charge is 0.224 e. The summed E-state index contributed by atoms with van der Waals surface area (Å²) in [6.45, 7) is 12.4. The van der Waals surface area contributed by atoms with E-state index in [1.54, 1.807) is 12.4 Å². The van der Waals surface area contributed by atoms with Gasteiger partial charge in [-0.3, -0.25) is 9.59 Å². The molecule has 0 bridgehead atoms. The number of nitrogens with zero attached hydrogens (tertiary/aromatic N) is 6. The van der Waals surface area contributed by atoms with Crippen molar-refractivity contribution in [3.63, 3.8) is 0 Å². The molecule has 0 aromatic carbocycles. The molecule has 0 N–H and O–H groups in total. The van der Waals surface area contributed by atoms with Gasteiger partial charge in [0, 0.05) is 88.7 Å². The SMILES string of the molecule is CC(C)c1nccn1CCC(=O)N1CCCN(C(=O)CCn2ccnc2C(C)C)CC1. The standard InChI is InChI=1S/C23H36N6O2/c1-18(2)22-24-8-14-28(22)12-6-20(30)26-10-5-11-27(17-16-26)21(31)7-13-29-15-9-25-23(29)19(3)4/h8-9,14-15,18-19H,5-7,10-13,16-17H2,1-4H3. The van der Waals surface area contributed by atoms with Gasteiger partial charge in [0.2, 0.25) is 11.8 Å². The fourth-order valence-corrected chi connectivity index (χ4v) is 4.19. The van der Waals surface area contributed by atoms with Crippen LogP contribution in [0.2, 0.25) is 0 Å². The lowest BCUT2D eigenvalue weighted by molar-refractivity contribution is -0.133. The van der Waals surface area contributed by atoms with Gasteiger partial charge < -0.3 is 18.9 Å². The summed E-state index contributed by atoms with van der Waals surface area (Å²) in [5.41, 5.74) is 0. The average Bonchev–Trinajstić information content (AvgIpc) is 3.34. The topological polar surface area (TPSA) is 76.3 Å². The second kappa shape index (κ2) is 10.6. The van der Waals surface area contributed by atoms with E-state index in [2.05, 4.69) is 46.8 Å². The first-order valence-electron chi connectivity index (χ1n) is 11.4. The highest BCUT2D eigenvalue weighted by atomic mass is 16.2. The maximum Gasteiger partial charge on any atom is 0.224 e. The van der Waals surface area contributed by atoms with Gasteiger partial charge in [-0.2, -0.15) is 0 Å². The fourth-order valence-electron chi connectivity index (χ4n) is 4.19. The molecule has 2 aromatic rings. The summed E-state index contributed by atoms with van der Waals surface area (Å²) in [5, 5.41) is 0. The van der Waals surface area contributed by atoms with Gasteiger partial charge in [0.05, 0.1) is 0 Å². The van der Waals surface area contributed by atoms with Crippen molar-refractivity contribution in [1.29, 1.82) is 0 Å². The molecule has 0 saturated carbocycles. The number of rotatable bonds is 8. The maximum atomic E-state index is 12.8. The third-order valence-electron chi connectivity index (χ3n) is 5.86. The molecule has 170 valence electrons. The van der Waals surface area contributed by atoms with Crippen LogP contribution in [-0.2, 0) is 22.7 Å². The van der Waals surface area contributed by atoms with Crippen molar-refractivity contribution in [2.75, 3.05) is 26.2 Å². The van der Waals surface area contributed by atoms with E-state index < -0.39 is 0 Å². The largest absolute Gasteiger partial charge is 0.341 e. The zero-order valence-electron chi connectivity index (χ0n) is 19.3. The molecule has 2 aromatic heterocycles. The summed E-state index contributed by atoms with van der Waals surface area (Å²) >= 11 is 0. The van der Waals surface area contributed by atoms with Crippen molar-refractivity contribution in [2.24, 2.45) is 0 Å². The average molecular weight is 429 g/mol. The quantitative estimate of drug-likeness (QED) is 0.648. The normalized spacial score (nSPS) is 15.0. The molecule has 0 atom stereocenters. The lowest BCUT2D eigenvalue weighted by Gasteiger charge is -2.23. The molecular formula is C23H36N6O2. The Morgan fingerprint density at radius 3 is 1.58 bits per heavy atom. The Bertz CT molecular complexity index is 799. The molecule has 0 radical (unpaired) electrons. The minimum Gasteiger partial charge on any atom is -0.341 e. The van der Waals surface area contributed by atoms with Crippen LogP contribution in [0.4, 0.5) is 0 Å². The number of amides is 2. The Morgan fingerprint density at radius 1 is 0.774 bits per heavy atom. The second-order valence-electron chi connectivity index (χ2n) is 8.88. The first kappa shape index (κ1) is 23.0. The molecule has 1 aliphatic heterocycles. The summed E-state index contributed by atoms with van der Waals surface area (Å²) in [4.78, 5) is 38.1. The molecule has 8 nitrogen and oxygen atoms in total. The van der Waals surface area contributed by atoms with Crippen LogP contribution in [0.5, 0.6) is 0 Å². The lowest BCUT2D eigenvalue weighted by atomic mass is 10.2. The summed E-state index contributed by atoms with van der Waals surface area (Å²) in [7, 11) is 0. The predicted molar refractivity (Wildman–Crippen MR) is 120 cm³/mol. The molecule has 2 amide bonds. The molecule has 0 aliphatic carbocycles. The van der Waals surface area contributed by atoms with Gasteiger partial charge in [0.15, 0.2) is 0 Å². The van der Waals surface area contributed by atoms with E-state index in [1.807, 2.05) is 22.2 Å². The summed E-state index contributed by atoms with van der Waals surface area (Å²) in [6, 6.07) is 0. The molecule has 31 heavy (non-hydrogen) atoms. The Kier molecular flexibility index (Phi) is 7.87. The van der Waals surface area contributed by atoms with Crippen molar-refractivity contribution in [3.8, 4) is 0 Å². The minimum atomic E-state index is 0.151. The molecule has 1 fully saturated rings. The zero-order chi connectivity index (χ0) is 22.4. The highest BCUT2D eigenvalue weighted by molar-refractivity contribution is 5.77. The molecule has 0 unspecified atom stereocenters. The van der Waals surface area contributed by atoms with E-state index in [0.717, 1.165) is 18.1 Å². The highest BCUT2D eigenvalue weighted by Gasteiger charge is 2.22. The van der Waals surface area contributed by atoms with E-state index in [-0.39, 0.29) is 11.8 Å². The summed E-state index contributed by atoms with van der Waals surface area (Å²) < 4.78 is 4.13. The van der Waals surface area contributed by atoms with Gasteiger partial charge in [-0.05, 0) is 6.42 Å². The van der Waals surface area contributed by atoms with Gasteiger partial charge in [0.1, 0.15) is 11.6 Å². The molecular weight excluding hydrogens is 392 g/mol. The monoisotopic (exact) mass is 428 g/mol. The highest BCUT2D eigenvalue weighted by Crippen LogP contribution is 2.15. The van der Waals surface area contributed by atoms with Gasteiger partial charge >= 0.3 is 0 Å². The number of carbonyl (C=O) groups excluding carboxylic acids is 2. The van der Waals surface area contributed by atoms with Gasteiger partial charge in [0.25, 0.3) is 0 Å². The van der Waals surface area contributed by atoms with Crippen molar-refractivity contribution >= 4 is 11.8 Å². The van der Waals surface area contributed by atoms with Crippen LogP contribution in [0.1, 0.15) is 70.4 Å². The first-order valence-corrected chi connectivity index (χ1v) is 11.4. The molecule has 3 rings (SSSR count). The van der Waals surface area contributed by atoms with Gasteiger partial charge in [-0.15, -0.1) is 0 Å². The summed E-state index contributed by atoms with van der Waals surface area (Å²) in [6.07, 6.45) is 9.21. The van der Waals surface area contributed by atoms with Crippen molar-refractivity contribution in [1.82, 2.24) is 28.9 Å². The fraction of sp³-hybridized carbons (Fsp3) is 0.652. The van der Waals surface area contributed by atoms with Crippen LogP contribution in [0.15, 0.2) is 24.8 Å². The van der Waals surface area contributed by atoms with Crippen LogP contribution in [-0.4, -0.2) is 66.9 Å². The van der Waals surface area contributed by atoms with E-state index in [0.29, 0.717) is 63.9 Å². The second-order valence-corrected chi connectivity index (χ2v) is 8.88. The van der Waals surface area contributed by atoms with E-state index in [9.17, 15) is 9.59 Å². The number of hydrogen-bond acceptors (Lipinski definition) is 4. The van der Waals surface area contributed by atoms with Crippen molar-refractivity contribution in [3.05, 3.63) is 36.4 Å². The van der Waals surface area contributed by atoms with Crippen LogP contribution >= 0.6 is 0 Å². The third-order valence-corrected chi connectivity index (χ3v) is 5.86. The van der Waals surface area contributed by atoms with E-state index in [4.69, 9.17) is 0 Å². The van der Waals surface area contributed by atoms with Crippen LogP contribution in [0.3, 0.4) is 0 Å². The number of carbonyl (C=O) groups is 2. The molecule has 0 spiro atoms.